The van der Waals surface area contributed by atoms with E-state index < -0.39 is 0 Å². The van der Waals surface area contributed by atoms with Crippen molar-refractivity contribution in [3.63, 3.8) is 0 Å². The van der Waals surface area contributed by atoms with Crippen molar-refractivity contribution in [1.82, 2.24) is 0 Å². The molecule has 0 saturated heterocycles. The third-order valence-corrected chi connectivity index (χ3v) is 4.98. The zero-order chi connectivity index (χ0) is 18.0. The lowest BCUT2D eigenvalue weighted by Crippen LogP contribution is -2.16. The number of hydrogen-bond acceptors (Lipinski definition) is 2. The maximum atomic E-state index is 12.6. The van der Waals surface area contributed by atoms with Crippen LogP contribution in [0.3, 0.4) is 0 Å². The van der Waals surface area contributed by atoms with Crippen molar-refractivity contribution in [1.29, 1.82) is 0 Å². The number of rotatable bonds is 4. The Kier molecular flexibility index (Phi) is 5.09. The van der Waals surface area contributed by atoms with Crippen molar-refractivity contribution in [3.8, 4) is 5.75 Å². The zero-order valence-electron chi connectivity index (χ0n) is 14.5. The first kappa shape index (κ1) is 17.5. The summed E-state index contributed by atoms with van der Waals surface area (Å²) >= 11 is 3.49. The van der Waals surface area contributed by atoms with Gasteiger partial charge in [-0.1, -0.05) is 40.2 Å². The van der Waals surface area contributed by atoms with Crippen LogP contribution in [0.1, 0.15) is 16.7 Å². The predicted octanol–water partition coefficient (Wildman–Crippen LogP) is 5.41. The van der Waals surface area contributed by atoms with Crippen LogP contribution in [0, 0.1) is 13.8 Å². The number of ether oxygens (including phenoxy) is 1. The summed E-state index contributed by atoms with van der Waals surface area (Å²) in [5, 5.41) is 5.12. The van der Waals surface area contributed by atoms with Crippen LogP contribution in [0.5, 0.6) is 5.75 Å². The minimum absolute atomic E-state index is 0.0533. The van der Waals surface area contributed by atoms with Crippen LogP contribution < -0.4 is 10.1 Å². The molecule has 0 saturated carbocycles. The molecule has 0 fully saturated rings. The molecule has 3 nitrogen and oxygen atoms in total. The highest BCUT2D eigenvalue weighted by Crippen LogP contribution is 2.30. The Morgan fingerprint density at radius 1 is 1.12 bits per heavy atom. The Morgan fingerprint density at radius 3 is 2.68 bits per heavy atom. The largest absolute Gasteiger partial charge is 0.496 e. The fraction of sp³-hybridized carbons (Fsp3) is 0.190. The van der Waals surface area contributed by atoms with E-state index in [1.165, 1.54) is 0 Å². The van der Waals surface area contributed by atoms with Gasteiger partial charge in [-0.25, -0.2) is 0 Å². The second-order valence-electron chi connectivity index (χ2n) is 6.08. The fourth-order valence-corrected chi connectivity index (χ4v) is 3.34. The molecule has 0 heterocycles. The van der Waals surface area contributed by atoms with Gasteiger partial charge in [0.1, 0.15) is 5.75 Å². The van der Waals surface area contributed by atoms with Crippen LogP contribution >= 0.6 is 15.9 Å². The summed E-state index contributed by atoms with van der Waals surface area (Å²) in [4.78, 5) is 12.6. The van der Waals surface area contributed by atoms with Crippen molar-refractivity contribution in [3.05, 3.63) is 69.7 Å². The highest BCUT2D eigenvalue weighted by molar-refractivity contribution is 9.10. The number of fused-ring (bicyclic) bond motifs is 1. The van der Waals surface area contributed by atoms with E-state index in [0.717, 1.165) is 43.4 Å². The summed E-state index contributed by atoms with van der Waals surface area (Å²) in [7, 11) is 1.63. The lowest BCUT2D eigenvalue weighted by molar-refractivity contribution is -0.115. The molecule has 0 aromatic heterocycles. The van der Waals surface area contributed by atoms with Crippen molar-refractivity contribution >= 4 is 38.3 Å². The number of methoxy groups -OCH3 is 1. The minimum atomic E-state index is -0.0533. The van der Waals surface area contributed by atoms with Crippen molar-refractivity contribution in [2.24, 2.45) is 0 Å². The summed E-state index contributed by atoms with van der Waals surface area (Å²) in [5.41, 5.74) is 4.00. The Bertz CT molecular complexity index is 950. The highest BCUT2D eigenvalue weighted by atomic mass is 79.9. The summed E-state index contributed by atoms with van der Waals surface area (Å²) in [6, 6.07) is 15.9. The monoisotopic (exact) mass is 397 g/mol. The maximum Gasteiger partial charge on any atom is 0.228 e. The van der Waals surface area contributed by atoms with Crippen LogP contribution in [0.25, 0.3) is 10.8 Å². The average Bonchev–Trinajstić information content (AvgIpc) is 2.59. The van der Waals surface area contributed by atoms with E-state index in [0.29, 0.717) is 0 Å². The Morgan fingerprint density at radius 2 is 1.92 bits per heavy atom. The number of anilines is 1. The van der Waals surface area contributed by atoms with Crippen LogP contribution in [0.2, 0.25) is 0 Å². The van der Waals surface area contributed by atoms with Crippen molar-refractivity contribution < 1.29 is 9.53 Å². The first-order valence-electron chi connectivity index (χ1n) is 8.11. The molecule has 3 aromatic rings. The zero-order valence-corrected chi connectivity index (χ0v) is 16.1. The molecule has 1 amide bonds. The second-order valence-corrected chi connectivity index (χ2v) is 7.00. The van der Waals surface area contributed by atoms with Gasteiger partial charge in [-0.15, -0.1) is 0 Å². The number of carbonyl (C=O) groups is 1. The summed E-state index contributed by atoms with van der Waals surface area (Å²) in [5.74, 6) is 0.674. The van der Waals surface area contributed by atoms with E-state index >= 15 is 0 Å². The van der Waals surface area contributed by atoms with Crippen LogP contribution in [-0.2, 0) is 11.2 Å². The lowest BCUT2D eigenvalue weighted by Gasteiger charge is -2.14. The molecule has 0 atom stereocenters. The molecule has 25 heavy (non-hydrogen) atoms. The molecule has 0 radical (unpaired) electrons. The van der Waals surface area contributed by atoms with E-state index in [2.05, 4.69) is 21.2 Å². The number of aryl methyl sites for hydroxylation is 1. The van der Waals surface area contributed by atoms with E-state index in [-0.39, 0.29) is 12.3 Å². The van der Waals surface area contributed by atoms with E-state index in [1.807, 2.05) is 62.4 Å². The van der Waals surface area contributed by atoms with E-state index in [1.54, 1.807) is 7.11 Å². The highest BCUT2D eigenvalue weighted by Gasteiger charge is 2.14. The summed E-state index contributed by atoms with van der Waals surface area (Å²) < 4.78 is 6.50. The number of amides is 1. The standard InChI is InChI=1S/C21H20BrNO2/c1-13-5-4-6-19(14(13)2)23-21(24)12-18-17-9-8-16(22)11-15(17)7-10-20(18)25-3/h4-11H,12H2,1-3H3,(H,23,24). The van der Waals surface area contributed by atoms with Gasteiger partial charge in [-0.05, 0) is 60.0 Å². The number of halogens is 1. The SMILES string of the molecule is COc1ccc2cc(Br)ccc2c1CC(=O)Nc1cccc(C)c1C. The van der Waals surface area contributed by atoms with Crippen LogP contribution in [0.15, 0.2) is 53.0 Å². The van der Waals surface area contributed by atoms with Gasteiger partial charge in [-0.2, -0.15) is 0 Å². The maximum absolute atomic E-state index is 12.6. The normalized spacial score (nSPS) is 10.7. The number of benzene rings is 3. The molecule has 3 rings (SSSR count). The Balaban J connectivity index is 1.93. The minimum Gasteiger partial charge on any atom is -0.496 e. The second kappa shape index (κ2) is 7.28. The van der Waals surface area contributed by atoms with Crippen molar-refractivity contribution in [2.75, 3.05) is 12.4 Å². The van der Waals surface area contributed by atoms with E-state index in [4.69, 9.17) is 4.74 Å². The molecule has 4 heteroatoms. The molecule has 0 unspecified atom stereocenters. The van der Waals surface area contributed by atoms with Gasteiger partial charge < -0.3 is 10.1 Å². The third-order valence-electron chi connectivity index (χ3n) is 4.49. The van der Waals surface area contributed by atoms with Gasteiger partial charge in [0.25, 0.3) is 0 Å². The molecule has 0 bridgehead atoms. The predicted molar refractivity (Wildman–Crippen MR) is 106 cm³/mol. The van der Waals surface area contributed by atoms with Gasteiger partial charge in [0, 0.05) is 15.7 Å². The molecule has 1 N–H and O–H groups in total. The first-order chi connectivity index (χ1) is 12.0. The molecule has 0 spiro atoms. The number of hydrogen-bond donors (Lipinski definition) is 1. The van der Waals surface area contributed by atoms with Gasteiger partial charge in [0.2, 0.25) is 5.91 Å². The number of carbonyl (C=O) groups excluding carboxylic acids is 1. The van der Waals surface area contributed by atoms with Gasteiger partial charge in [0.05, 0.1) is 13.5 Å². The van der Waals surface area contributed by atoms with Gasteiger partial charge >= 0.3 is 0 Å². The number of nitrogens with one attached hydrogen (secondary N) is 1. The van der Waals surface area contributed by atoms with E-state index in [9.17, 15) is 4.79 Å². The first-order valence-corrected chi connectivity index (χ1v) is 8.90. The Labute approximate surface area is 156 Å². The Hall–Kier alpha value is -2.33. The smallest absolute Gasteiger partial charge is 0.228 e. The molecule has 0 aliphatic carbocycles. The summed E-state index contributed by atoms with van der Waals surface area (Å²) in [6.45, 7) is 4.05. The molecule has 0 aliphatic rings. The van der Waals surface area contributed by atoms with Crippen molar-refractivity contribution in [2.45, 2.75) is 20.3 Å². The van der Waals surface area contributed by atoms with Gasteiger partial charge in [0.15, 0.2) is 0 Å². The average molecular weight is 398 g/mol. The van der Waals surface area contributed by atoms with Crippen LogP contribution in [0.4, 0.5) is 5.69 Å². The molecule has 3 aromatic carbocycles. The summed E-state index contributed by atoms with van der Waals surface area (Å²) in [6.07, 6.45) is 0.259. The topological polar surface area (TPSA) is 38.3 Å². The molecule has 0 aliphatic heterocycles. The molecular weight excluding hydrogens is 378 g/mol. The van der Waals surface area contributed by atoms with Gasteiger partial charge in [-0.3, -0.25) is 4.79 Å². The lowest BCUT2D eigenvalue weighted by atomic mass is 10.0. The molecular formula is C21H20BrNO2. The quantitative estimate of drug-likeness (QED) is 0.638. The third kappa shape index (κ3) is 3.69. The van der Waals surface area contributed by atoms with Crippen LogP contribution in [-0.4, -0.2) is 13.0 Å². The fourth-order valence-electron chi connectivity index (χ4n) is 2.96. The molecule has 128 valence electrons.